The fourth-order valence-electron chi connectivity index (χ4n) is 3.69. The lowest BCUT2D eigenvalue weighted by Gasteiger charge is -2.50. The highest BCUT2D eigenvalue weighted by molar-refractivity contribution is 5.95. The topological polar surface area (TPSA) is 97.1 Å². The van der Waals surface area contributed by atoms with Crippen LogP contribution in [0.3, 0.4) is 0 Å². The van der Waals surface area contributed by atoms with Gasteiger partial charge in [-0.05, 0) is 30.7 Å². The van der Waals surface area contributed by atoms with E-state index >= 15 is 0 Å². The molecule has 0 aliphatic carbocycles. The van der Waals surface area contributed by atoms with E-state index in [1.807, 2.05) is 0 Å². The van der Waals surface area contributed by atoms with Gasteiger partial charge in [-0.15, -0.1) is 0 Å². The summed E-state index contributed by atoms with van der Waals surface area (Å²) in [5, 5.41) is 11.7. The van der Waals surface area contributed by atoms with Gasteiger partial charge in [0.15, 0.2) is 0 Å². The Bertz CT molecular complexity index is 1080. The van der Waals surface area contributed by atoms with E-state index in [0.29, 0.717) is 16.7 Å². The summed E-state index contributed by atoms with van der Waals surface area (Å²) in [5.41, 5.74) is 1.24. The van der Waals surface area contributed by atoms with E-state index in [1.54, 1.807) is 44.2 Å². The first kappa shape index (κ1) is 15.8. The number of aryl methyl sites for hydroxylation is 1. The van der Waals surface area contributed by atoms with E-state index in [1.165, 1.54) is 12.3 Å². The molecule has 136 valence electrons. The lowest BCUT2D eigenvalue weighted by atomic mass is 9.89. The van der Waals surface area contributed by atoms with Crippen LogP contribution in [0.5, 0.6) is 11.5 Å². The summed E-state index contributed by atoms with van der Waals surface area (Å²) < 4.78 is 23.3. The summed E-state index contributed by atoms with van der Waals surface area (Å²) in [7, 11) is 0. The normalized spacial score (nSPS) is 27.0. The number of nitro benzene ring substituents is 1. The molecule has 8 heteroatoms. The first-order valence-electron chi connectivity index (χ1n) is 8.23. The molecule has 27 heavy (non-hydrogen) atoms. The van der Waals surface area contributed by atoms with Crippen molar-refractivity contribution in [1.82, 2.24) is 0 Å². The minimum Gasteiger partial charge on any atom is -0.465 e. The zero-order valence-corrected chi connectivity index (χ0v) is 14.3. The summed E-state index contributed by atoms with van der Waals surface area (Å²) in [4.78, 5) is 23.6. The van der Waals surface area contributed by atoms with Gasteiger partial charge in [0, 0.05) is 13.0 Å². The Kier molecular flexibility index (Phi) is 2.85. The summed E-state index contributed by atoms with van der Waals surface area (Å²) in [5.74, 6) is -3.49. The maximum atomic E-state index is 12.5. The number of nitrogens with zero attached hydrogens (tertiary/aromatic N) is 1. The van der Waals surface area contributed by atoms with Crippen LogP contribution in [0.2, 0.25) is 0 Å². The molecular weight excluding hydrogens is 354 g/mol. The van der Waals surface area contributed by atoms with Crippen LogP contribution >= 0.6 is 0 Å². The maximum Gasteiger partial charge on any atom is 0.349 e. The van der Waals surface area contributed by atoms with E-state index in [0.717, 1.165) is 0 Å². The lowest BCUT2D eigenvalue weighted by Crippen LogP contribution is -2.56. The third kappa shape index (κ3) is 1.93. The molecule has 0 saturated heterocycles. The number of fused-ring (bicyclic) bond motifs is 4. The molecule has 0 aromatic heterocycles. The molecule has 1 spiro atoms. The van der Waals surface area contributed by atoms with E-state index < -0.39 is 22.5 Å². The fraction of sp³-hybridized carbons (Fsp3) is 0.211. The van der Waals surface area contributed by atoms with Crippen molar-refractivity contribution in [2.75, 3.05) is 0 Å². The number of hydrogen-bond acceptors (Lipinski definition) is 7. The Balaban J connectivity index is 1.84. The molecule has 3 heterocycles. The van der Waals surface area contributed by atoms with Gasteiger partial charge in [0.2, 0.25) is 11.5 Å². The second kappa shape index (κ2) is 4.86. The molecule has 2 unspecified atom stereocenters. The summed E-state index contributed by atoms with van der Waals surface area (Å²) in [6, 6.07) is 9.86. The average molecular weight is 367 g/mol. The molecule has 0 amide bonds. The molecule has 3 aliphatic rings. The number of ether oxygens (including phenoxy) is 4. The highest BCUT2D eigenvalue weighted by atomic mass is 16.8. The van der Waals surface area contributed by atoms with Crippen LogP contribution in [0, 0.1) is 17.0 Å². The van der Waals surface area contributed by atoms with Crippen LogP contribution in [0.4, 0.5) is 5.69 Å². The lowest BCUT2D eigenvalue weighted by molar-refractivity contribution is -0.393. The van der Waals surface area contributed by atoms with Crippen LogP contribution in [-0.2, 0) is 25.8 Å². The van der Waals surface area contributed by atoms with E-state index in [2.05, 4.69) is 0 Å². The van der Waals surface area contributed by atoms with Crippen LogP contribution in [0.25, 0.3) is 0 Å². The number of hydrogen-bond donors (Lipinski definition) is 0. The monoisotopic (exact) mass is 367 g/mol. The number of para-hydroxylation sites is 1. The van der Waals surface area contributed by atoms with E-state index in [9.17, 15) is 14.9 Å². The van der Waals surface area contributed by atoms with Crippen LogP contribution in [-0.4, -0.2) is 10.9 Å². The van der Waals surface area contributed by atoms with E-state index in [4.69, 9.17) is 18.9 Å². The number of carbonyl (C=O) groups excluding carboxylic acids is 1. The molecule has 3 aliphatic heterocycles. The van der Waals surface area contributed by atoms with Gasteiger partial charge in [0.1, 0.15) is 17.6 Å². The second-order valence-corrected chi connectivity index (χ2v) is 6.72. The van der Waals surface area contributed by atoms with Gasteiger partial charge in [-0.1, -0.05) is 12.1 Å². The molecule has 0 fully saturated rings. The summed E-state index contributed by atoms with van der Waals surface area (Å²) in [6.45, 7) is 3.37. The Morgan fingerprint density at radius 1 is 1.15 bits per heavy atom. The number of benzene rings is 2. The smallest absolute Gasteiger partial charge is 0.349 e. The van der Waals surface area contributed by atoms with Gasteiger partial charge in [-0.2, -0.15) is 0 Å². The van der Waals surface area contributed by atoms with Crippen molar-refractivity contribution in [3.8, 4) is 11.5 Å². The molecule has 0 radical (unpaired) electrons. The van der Waals surface area contributed by atoms with Crippen LogP contribution in [0.15, 0.2) is 48.2 Å². The molecule has 5 rings (SSSR count). The van der Waals surface area contributed by atoms with Crippen LogP contribution < -0.4 is 9.47 Å². The summed E-state index contributed by atoms with van der Waals surface area (Å²) >= 11 is 0. The average Bonchev–Trinajstić information content (AvgIpc) is 2.62. The highest BCUT2D eigenvalue weighted by Crippen LogP contribution is 2.58. The minimum absolute atomic E-state index is 0.00875. The van der Waals surface area contributed by atoms with Gasteiger partial charge in [-0.25, -0.2) is 4.79 Å². The Labute approximate surface area is 153 Å². The van der Waals surface area contributed by atoms with Gasteiger partial charge in [0.25, 0.3) is 5.79 Å². The van der Waals surface area contributed by atoms with Crippen molar-refractivity contribution in [3.63, 3.8) is 0 Å². The zero-order valence-electron chi connectivity index (χ0n) is 14.3. The number of carbonyl (C=O) groups is 1. The second-order valence-electron chi connectivity index (χ2n) is 6.72. The predicted octanol–water partition coefficient (Wildman–Crippen LogP) is 3.17. The first-order chi connectivity index (χ1) is 12.8. The Hall–Kier alpha value is -3.39. The Morgan fingerprint density at radius 2 is 1.93 bits per heavy atom. The van der Waals surface area contributed by atoms with Crippen molar-refractivity contribution < 1.29 is 28.7 Å². The van der Waals surface area contributed by atoms with Gasteiger partial charge in [-0.3, -0.25) is 14.9 Å². The van der Waals surface area contributed by atoms with Crippen molar-refractivity contribution in [1.29, 1.82) is 0 Å². The maximum absolute atomic E-state index is 12.5. The molecule has 2 aromatic rings. The fourth-order valence-corrected chi connectivity index (χ4v) is 3.69. The largest absolute Gasteiger partial charge is 0.465 e. The van der Waals surface area contributed by atoms with Crippen molar-refractivity contribution in [2.45, 2.75) is 25.4 Å². The number of nitro groups is 1. The number of rotatable bonds is 1. The zero-order chi connectivity index (χ0) is 19.0. The molecule has 2 bridgehead atoms. The third-order valence-electron chi connectivity index (χ3n) is 4.90. The van der Waals surface area contributed by atoms with Gasteiger partial charge < -0.3 is 14.2 Å². The highest BCUT2D eigenvalue weighted by Gasteiger charge is 2.62. The molecule has 2 atom stereocenters. The Morgan fingerprint density at radius 3 is 2.70 bits per heavy atom. The predicted molar refractivity (Wildman–Crippen MR) is 89.8 cm³/mol. The molecular formula is C19H13NO7. The van der Waals surface area contributed by atoms with Gasteiger partial charge in [0.05, 0.1) is 16.1 Å². The molecule has 2 aromatic carbocycles. The molecule has 0 saturated carbocycles. The van der Waals surface area contributed by atoms with Crippen LogP contribution in [0.1, 0.15) is 23.6 Å². The van der Waals surface area contributed by atoms with Crippen molar-refractivity contribution >= 4 is 11.7 Å². The summed E-state index contributed by atoms with van der Waals surface area (Å²) in [6.07, 6.45) is 1.25. The minimum atomic E-state index is -1.69. The standard InChI is InChI=1S/C19H13NO7/c1-10-7-12-16(14(8-10)20(22)23)26-19-11-5-3-4-6-15(11)25-17(21)13(19)9-24-18(12,2)27-19/h3-9H,1-2H3. The van der Waals surface area contributed by atoms with Crippen molar-refractivity contribution in [3.05, 3.63) is 75.0 Å². The van der Waals surface area contributed by atoms with Crippen molar-refractivity contribution in [2.24, 2.45) is 0 Å². The molecule has 0 N–H and O–H groups in total. The van der Waals surface area contributed by atoms with E-state index in [-0.39, 0.29) is 22.8 Å². The SMILES string of the molecule is Cc1cc([N+](=O)[O-])c2c(c1)C1(C)OC=C3C(=O)Oc4ccccc4C3(O2)O1. The first-order valence-corrected chi connectivity index (χ1v) is 8.23. The third-order valence-corrected chi connectivity index (χ3v) is 4.90. The molecule has 8 nitrogen and oxygen atoms in total. The number of esters is 1. The quantitative estimate of drug-likeness (QED) is 0.330. The van der Waals surface area contributed by atoms with Gasteiger partial charge >= 0.3 is 11.7 Å².